The maximum Gasteiger partial charge on any atom is 0.416 e. The van der Waals surface area contributed by atoms with Crippen LogP contribution in [0.4, 0.5) is 18.9 Å². The average molecular weight is 550 g/mol. The minimum Gasteiger partial charge on any atom is -0.336 e. The minimum absolute atomic E-state index is 0.0151. The molecular weight excluding hydrogens is 523 g/mol. The number of rotatable bonds is 6. The van der Waals surface area contributed by atoms with E-state index in [4.69, 9.17) is 4.52 Å². The first-order valence-electron chi connectivity index (χ1n) is 12.7. The lowest BCUT2D eigenvalue weighted by molar-refractivity contribution is -0.137. The number of aromatic nitrogens is 2. The van der Waals surface area contributed by atoms with Crippen LogP contribution < -0.4 is 5.32 Å². The third kappa shape index (κ3) is 6.37. The molecule has 3 aromatic carbocycles. The van der Waals surface area contributed by atoms with E-state index in [2.05, 4.69) is 20.4 Å². The molecule has 0 aliphatic carbocycles. The van der Waals surface area contributed by atoms with Crippen LogP contribution in [0, 0.1) is 0 Å². The van der Waals surface area contributed by atoms with E-state index in [0.29, 0.717) is 36.4 Å². The molecule has 206 valence electrons. The number of anilines is 1. The quantitative estimate of drug-likeness (QED) is 0.349. The van der Waals surface area contributed by atoms with Gasteiger partial charge in [-0.3, -0.25) is 14.5 Å². The second kappa shape index (κ2) is 11.3. The van der Waals surface area contributed by atoms with Gasteiger partial charge >= 0.3 is 6.18 Å². The molecule has 1 saturated heterocycles. The molecule has 1 N–H and O–H groups in total. The van der Waals surface area contributed by atoms with E-state index in [0.717, 1.165) is 30.8 Å². The summed E-state index contributed by atoms with van der Waals surface area (Å²) in [6.45, 7) is 4.79. The van der Waals surface area contributed by atoms with Crippen molar-refractivity contribution < 1.29 is 27.3 Å². The molecule has 2 amide bonds. The van der Waals surface area contributed by atoms with Crippen molar-refractivity contribution in [3.63, 3.8) is 0 Å². The molecular formula is C29H26F3N5O3. The molecule has 4 aromatic rings. The van der Waals surface area contributed by atoms with Crippen LogP contribution in [-0.4, -0.2) is 57.9 Å². The van der Waals surface area contributed by atoms with Gasteiger partial charge in [0.2, 0.25) is 11.7 Å². The molecule has 0 unspecified atom stereocenters. The van der Waals surface area contributed by atoms with Crippen LogP contribution in [0.2, 0.25) is 0 Å². The van der Waals surface area contributed by atoms with Crippen molar-refractivity contribution in [2.45, 2.75) is 19.6 Å². The van der Waals surface area contributed by atoms with Crippen LogP contribution in [0.1, 0.15) is 28.4 Å². The summed E-state index contributed by atoms with van der Waals surface area (Å²) in [6.07, 6.45) is -4.46. The number of piperazine rings is 1. The molecule has 0 spiro atoms. The summed E-state index contributed by atoms with van der Waals surface area (Å²) in [5.41, 5.74) is 2.40. The Balaban J connectivity index is 1.15. The molecule has 0 radical (unpaired) electrons. The summed E-state index contributed by atoms with van der Waals surface area (Å²) in [5.74, 6) is 0.100. The van der Waals surface area contributed by atoms with Crippen LogP contribution in [0.5, 0.6) is 0 Å². The predicted octanol–water partition coefficient (Wildman–Crippen LogP) is 5.34. The standard InChI is InChI=1S/C29H26F3N5O3/c1-19(38)33-25-11-9-22(10-12-25)28(39)37-15-13-36(14-16-37)18-20-5-7-21(8-6-20)26-34-27(40-35-26)23-3-2-4-24(17-23)29(30,31)32/h2-12,17H,13-16,18H2,1H3,(H,33,38). The highest BCUT2D eigenvalue weighted by Crippen LogP contribution is 2.32. The zero-order valence-corrected chi connectivity index (χ0v) is 21.6. The Bertz CT molecular complexity index is 1490. The highest BCUT2D eigenvalue weighted by atomic mass is 19.4. The molecule has 2 heterocycles. The average Bonchev–Trinajstić information content (AvgIpc) is 3.44. The van der Waals surface area contributed by atoms with Crippen LogP contribution in [0.25, 0.3) is 22.8 Å². The van der Waals surface area contributed by atoms with Gasteiger partial charge in [-0.25, -0.2) is 0 Å². The van der Waals surface area contributed by atoms with Crippen molar-refractivity contribution in [3.8, 4) is 22.8 Å². The molecule has 1 fully saturated rings. The summed E-state index contributed by atoms with van der Waals surface area (Å²) in [5, 5.41) is 6.62. The lowest BCUT2D eigenvalue weighted by Gasteiger charge is -2.34. The van der Waals surface area contributed by atoms with Crippen molar-refractivity contribution in [1.29, 1.82) is 0 Å². The predicted molar refractivity (Wildman–Crippen MR) is 142 cm³/mol. The van der Waals surface area contributed by atoms with E-state index in [1.165, 1.54) is 19.1 Å². The highest BCUT2D eigenvalue weighted by Gasteiger charge is 2.31. The molecule has 8 nitrogen and oxygen atoms in total. The molecule has 1 aliphatic rings. The molecule has 5 rings (SSSR count). The van der Waals surface area contributed by atoms with Gasteiger partial charge in [-0.2, -0.15) is 18.2 Å². The number of hydrogen-bond donors (Lipinski definition) is 1. The highest BCUT2D eigenvalue weighted by molar-refractivity contribution is 5.95. The maximum atomic E-state index is 13.0. The summed E-state index contributed by atoms with van der Waals surface area (Å²) in [4.78, 5) is 32.4. The van der Waals surface area contributed by atoms with Gasteiger partial charge in [0, 0.05) is 62.0 Å². The number of benzene rings is 3. The molecule has 0 atom stereocenters. The Labute approximate surface area is 228 Å². The van der Waals surface area contributed by atoms with Gasteiger partial charge in [0.25, 0.3) is 11.8 Å². The SMILES string of the molecule is CC(=O)Nc1ccc(C(=O)N2CCN(Cc3ccc(-c4noc(-c5cccc(C(F)(F)F)c5)n4)cc3)CC2)cc1. The number of halogens is 3. The van der Waals surface area contributed by atoms with E-state index >= 15 is 0 Å². The van der Waals surface area contributed by atoms with Gasteiger partial charge in [-0.15, -0.1) is 0 Å². The molecule has 0 bridgehead atoms. The van der Waals surface area contributed by atoms with Crippen molar-refractivity contribution >= 4 is 17.5 Å². The monoisotopic (exact) mass is 549 g/mol. The Hall–Kier alpha value is -4.51. The van der Waals surface area contributed by atoms with Gasteiger partial charge in [0.05, 0.1) is 5.56 Å². The fraction of sp³-hybridized carbons (Fsp3) is 0.241. The Morgan fingerprint density at radius 2 is 1.62 bits per heavy atom. The first kappa shape index (κ1) is 27.1. The normalized spacial score (nSPS) is 14.2. The maximum absolute atomic E-state index is 13.0. The van der Waals surface area contributed by atoms with E-state index < -0.39 is 11.7 Å². The van der Waals surface area contributed by atoms with Gasteiger partial charge in [-0.05, 0) is 48.0 Å². The summed E-state index contributed by atoms with van der Waals surface area (Å²) in [7, 11) is 0. The molecule has 1 aromatic heterocycles. The summed E-state index contributed by atoms with van der Waals surface area (Å²) in [6, 6.07) is 19.2. The number of carbonyl (C=O) groups is 2. The third-order valence-corrected chi connectivity index (χ3v) is 6.59. The lowest BCUT2D eigenvalue weighted by atomic mass is 10.1. The first-order chi connectivity index (χ1) is 19.2. The van der Waals surface area contributed by atoms with Crippen molar-refractivity contribution in [3.05, 3.63) is 89.5 Å². The fourth-order valence-corrected chi connectivity index (χ4v) is 4.50. The van der Waals surface area contributed by atoms with Crippen LogP contribution >= 0.6 is 0 Å². The van der Waals surface area contributed by atoms with Crippen LogP contribution in [0.15, 0.2) is 77.3 Å². The number of amides is 2. The van der Waals surface area contributed by atoms with E-state index in [9.17, 15) is 22.8 Å². The zero-order chi connectivity index (χ0) is 28.3. The molecule has 1 aliphatic heterocycles. The fourth-order valence-electron chi connectivity index (χ4n) is 4.50. The number of nitrogens with zero attached hydrogens (tertiary/aromatic N) is 4. The van der Waals surface area contributed by atoms with Gasteiger partial charge in [0.1, 0.15) is 0 Å². The Kier molecular flexibility index (Phi) is 7.65. The zero-order valence-electron chi connectivity index (χ0n) is 21.6. The summed E-state index contributed by atoms with van der Waals surface area (Å²) >= 11 is 0. The smallest absolute Gasteiger partial charge is 0.336 e. The topological polar surface area (TPSA) is 91.6 Å². The number of hydrogen-bond acceptors (Lipinski definition) is 6. The first-order valence-corrected chi connectivity index (χ1v) is 12.7. The second-order valence-corrected chi connectivity index (χ2v) is 9.53. The number of alkyl halides is 3. The van der Waals surface area contributed by atoms with Gasteiger partial charge in [0.15, 0.2) is 0 Å². The molecule has 0 saturated carbocycles. The van der Waals surface area contributed by atoms with Crippen LogP contribution in [0.3, 0.4) is 0 Å². The minimum atomic E-state index is -4.46. The molecule has 40 heavy (non-hydrogen) atoms. The van der Waals surface area contributed by atoms with E-state index in [1.54, 1.807) is 24.3 Å². The molecule has 11 heteroatoms. The van der Waals surface area contributed by atoms with E-state index in [-0.39, 0.29) is 29.1 Å². The van der Waals surface area contributed by atoms with Gasteiger partial charge in [-0.1, -0.05) is 35.5 Å². The largest absolute Gasteiger partial charge is 0.416 e. The van der Waals surface area contributed by atoms with Crippen molar-refractivity contribution in [2.24, 2.45) is 0 Å². The number of carbonyl (C=O) groups excluding carboxylic acids is 2. The van der Waals surface area contributed by atoms with E-state index in [1.807, 2.05) is 29.2 Å². The van der Waals surface area contributed by atoms with Crippen LogP contribution in [-0.2, 0) is 17.5 Å². The van der Waals surface area contributed by atoms with Crippen molar-refractivity contribution in [1.82, 2.24) is 19.9 Å². The number of nitrogens with one attached hydrogen (secondary N) is 1. The summed E-state index contributed by atoms with van der Waals surface area (Å²) < 4.78 is 44.3. The third-order valence-electron chi connectivity index (χ3n) is 6.59. The van der Waals surface area contributed by atoms with Crippen molar-refractivity contribution in [2.75, 3.05) is 31.5 Å². The second-order valence-electron chi connectivity index (χ2n) is 9.53. The Morgan fingerprint density at radius 1 is 0.925 bits per heavy atom. The Morgan fingerprint density at radius 3 is 2.27 bits per heavy atom. The lowest BCUT2D eigenvalue weighted by Crippen LogP contribution is -2.48. The van der Waals surface area contributed by atoms with Gasteiger partial charge < -0.3 is 14.7 Å².